The van der Waals surface area contributed by atoms with E-state index in [2.05, 4.69) is 10.3 Å². The molecule has 3 nitrogen and oxygen atoms in total. The second kappa shape index (κ2) is 4.53. The van der Waals surface area contributed by atoms with Crippen LogP contribution in [-0.4, -0.2) is 16.6 Å². The molecule has 0 unspecified atom stereocenters. The van der Waals surface area contributed by atoms with Gasteiger partial charge in [0.25, 0.3) is 0 Å². The summed E-state index contributed by atoms with van der Waals surface area (Å²) in [6.07, 6.45) is 3.41. The molecule has 0 bridgehead atoms. The molecule has 1 aromatic heterocycles. The molecule has 0 saturated carbocycles. The van der Waals surface area contributed by atoms with Gasteiger partial charge in [0.2, 0.25) is 0 Å². The summed E-state index contributed by atoms with van der Waals surface area (Å²) in [7, 11) is 1.88. The summed E-state index contributed by atoms with van der Waals surface area (Å²) in [6.45, 7) is 6.02. The number of halogens is 1. The van der Waals surface area contributed by atoms with Gasteiger partial charge in [-0.15, -0.1) is 0 Å². The van der Waals surface area contributed by atoms with Gasteiger partial charge in [-0.1, -0.05) is 6.07 Å². The van der Waals surface area contributed by atoms with Crippen molar-refractivity contribution >= 4 is 0 Å². The van der Waals surface area contributed by atoms with Crippen LogP contribution in [-0.2, 0) is 5.54 Å². The third kappa shape index (κ3) is 2.16. The minimum Gasteiger partial charge on any atom is -0.310 e. The third-order valence-corrected chi connectivity index (χ3v) is 3.27. The van der Waals surface area contributed by atoms with E-state index >= 15 is 0 Å². The van der Waals surface area contributed by atoms with Crippen molar-refractivity contribution in [2.45, 2.75) is 26.3 Å². The van der Waals surface area contributed by atoms with Gasteiger partial charge in [-0.2, -0.15) is 0 Å². The number of hydrogen-bond acceptors (Lipinski definition) is 2. The number of imidazole rings is 1. The van der Waals surface area contributed by atoms with Crippen LogP contribution in [0.25, 0.3) is 5.69 Å². The number of benzene rings is 1. The first kappa shape index (κ1) is 12.8. The quantitative estimate of drug-likeness (QED) is 0.903. The molecule has 0 radical (unpaired) electrons. The smallest absolute Gasteiger partial charge is 0.147 e. The highest BCUT2D eigenvalue weighted by molar-refractivity contribution is 5.39. The van der Waals surface area contributed by atoms with Crippen molar-refractivity contribution in [3.63, 3.8) is 0 Å². The van der Waals surface area contributed by atoms with E-state index in [1.807, 2.05) is 33.9 Å². The molecule has 0 atom stereocenters. The summed E-state index contributed by atoms with van der Waals surface area (Å²) in [5, 5.41) is 3.20. The van der Waals surface area contributed by atoms with E-state index in [0.29, 0.717) is 5.69 Å². The summed E-state index contributed by atoms with van der Waals surface area (Å²) in [5.41, 5.74) is 2.21. The Kier molecular flexibility index (Phi) is 3.22. The molecule has 0 amide bonds. The third-order valence-electron chi connectivity index (χ3n) is 3.27. The van der Waals surface area contributed by atoms with Gasteiger partial charge < -0.3 is 5.32 Å². The van der Waals surface area contributed by atoms with E-state index in [1.54, 1.807) is 23.2 Å². The second-order valence-electron chi connectivity index (χ2n) is 4.98. The topological polar surface area (TPSA) is 29.9 Å². The van der Waals surface area contributed by atoms with Gasteiger partial charge in [0.15, 0.2) is 0 Å². The summed E-state index contributed by atoms with van der Waals surface area (Å²) < 4.78 is 15.7. The van der Waals surface area contributed by atoms with Gasteiger partial charge >= 0.3 is 0 Å². The van der Waals surface area contributed by atoms with Crippen LogP contribution in [0.1, 0.15) is 25.1 Å². The van der Waals surface area contributed by atoms with Crippen LogP contribution in [0.5, 0.6) is 0 Å². The Bertz CT molecular complexity index is 558. The standard InChI is InChI=1S/C14H18FN3/c1-10-5-6-11(15)12(7-10)18-9-17-8-13(18)14(2,3)16-4/h5-9,16H,1-4H3. The fourth-order valence-electron chi connectivity index (χ4n) is 1.88. The zero-order valence-electron chi connectivity index (χ0n) is 11.2. The number of rotatable bonds is 3. The van der Waals surface area contributed by atoms with Gasteiger partial charge in [0.1, 0.15) is 5.82 Å². The Labute approximate surface area is 107 Å². The Hall–Kier alpha value is -1.68. The Balaban J connectivity index is 2.59. The van der Waals surface area contributed by atoms with Gasteiger partial charge in [0.05, 0.1) is 29.4 Å². The van der Waals surface area contributed by atoms with E-state index in [1.165, 1.54) is 6.07 Å². The van der Waals surface area contributed by atoms with Crippen LogP contribution in [0.2, 0.25) is 0 Å². The predicted molar refractivity (Wildman–Crippen MR) is 70.3 cm³/mol. The van der Waals surface area contributed by atoms with E-state index in [-0.39, 0.29) is 11.4 Å². The highest BCUT2D eigenvalue weighted by Gasteiger charge is 2.23. The van der Waals surface area contributed by atoms with Gasteiger partial charge in [-0.3, -0.25) is 4.57 Å². The number of nitrogens with zero attached hydrogens (tertiary/aromatic N) is 2. The molecular formula is C14H18FN3. The minimum absolute atomic E-state index is 0.244. The monoisotopic (exact) mass is 247 g/mol. The molecule has 96 valence electrons. The molecular weight excluding hydrogens is 229 g/mol. The average molecular weight is 247 g/mol. The Morgan fingerprint density at radius 3 is 2.72 bits per heavy atom. The summed E-state index contributed by atoms with van der Waals surface area (Å²) in [4.78, 5) is 4.14. The lowest BCUT2D eigenvalue weighted by Crippen LogP contribution is -2.35. The molecule has 0 fully saturated rings. The second-order valence-corrected chi connectivity index (χ2v) is 4.98. The van der Waals surface area contributed by atoms with Crippen LogP contribution < -0.4 is 5.32 Å². The maximum atomic E-state index is 13.9. The lowest BCUT2D eigenvalue weighted by atomic mass is 10.0. The maximum absolute atomic E-state index is 13.9. The fraction of sp³-hybridized carbons (Fsp3) is 0.357. The van der Waals surface area contributed by atoms with Crippen molar-refractivity contribution in [1.82, 2.24) is 14.9 Å². The van der Waals surface area contributed by atoms with Gasteiger partial charge in [-0.25, -0.2) is 9.37 Å². The van der Waals surface area contributed by atoms with Gasteiger partial charge in [-0.05, 0) is 45.5 Å². The summed E-state index contributed by atoms with van der Waals surface area (Å²) in [5.74, 6) is -0.244. The zero-order valence-corrected chi connectivity index (χ0v) is 11.2. The maximum Gasteiger partial charge on any atom is 0.147 e. The molecule has 2 rings (SSSR count). The average Bonchev–Trinajstić information content (AvgIpc) is 2.82. The molecule has 0 aliphatic heterocycles. The first-order chi connectivity index (χ1) is 8.45. The molecule has 0 aliphatic rings. The highest BCUT2D eigenvalue weighted by Crippen LogP contribution is 2.24. The molecule has 0 saturated heterocycles. The van der Waals surface area contributed by atoms with Crippen LogP contribution >= 0.6 is 0 Å². The van der Waals surface area contributed by atoms with Crippen LogP contribution in [0.15, 0.2) is 30.7 Å². The first-order valence-electron chi connectivity index (χ1n) is 5.94. The lowest BCUT2D eigenvalue weighted by Gasteiger charge is -2.25. The highest BCUT2D eigenvalue weighted by atomic mass is 19.1. The molecule has 1 heterocycles. The van der Waals surface area contributed by atoms with Crippen molar-refractivity contribution in [3.8, 4) is 5.69 Å². The summed E-state index contributed by atoms with van der Waals surface area (Å²) in [6, 6.07) is 5.08. The molecule has 0 aliphatic carbocycles. The molecule has 4 heteroatoms. The van der Waals surface area contributed by atoms with Crippen LogP contribution in [0.4, 0.5) is 4.39 Å². The molecule has 0 spiro atoms. The summed E-state index contributed by atoms with van der Waals surface area (Å²) >= 11 is 0. The van der Waals surface area contributed by atoms with Crippen LogP contribution in [0.3, 0.4) is 0 Å². The van der Waals surface area contributed by atoms with E-state index in [0.717, 1.165) is 11.3 Å². The van der Waals surface area contributed by atoms with Crippen molar-refractivity contribution in [2.75, 3.05) is 7.05 Å². The first-order valence-corrected chi connectivity index (χ1v) is 5.94. The van der Waals surface area contributed by atoms with Gasteiger partial charge in [0, 0.05) is 0 Å². The van der Waals surface area contributed by atoms with Crippen molar-refractivity contribution in [3.05, 3.63) is 47.8 Å². The number of nitrogens with one attached hydrogen (secondary N) is 1. The van der Waals surface area contributed by atoms with Crippen LogP contribution in [0, 0.1) is 12.7 Å². The molecule has 1 aromatic carbocycles. The Morgan fingerprint density at radius 1 is 1.33 bits per heavy atom. The zero-order chi connectivity index (χ0) is 13.3. The van der Waals surface area contributed by atoms with Crippen molar-refractivity contribution in [1.29, 1.82) is 0 Å². The van der Waals surface area contributed by atoms with E-state index in [9.17, 15) is 4.39 Å². The normalized spacial score (nSPS) is 11.8. The minimum atomic E-state index is -0.271. The SMILES string of the molecule is CNC(C)(C)c1cncn1-c1cc(C)ccc1F. The molecule has 18 heavy (non-hydrogen) atoms. The fourth-order valence-corrected chi connectivity index (χ4v) is 1.88. The number of hydrogen-bond donors (Lipinski definition) is 1. The number of aryl methyl sites for hydroxylation is 1. The Morgan fingerprint density at radius 2 is 2.06 bits per heavy atom. The molecule has 1 N–H and O–H groups in total. The van der Waals surface area contributed by atoms with E-state index in [4.69, 9.17) is 0 Å². The predicted octanol–water partition coefficient (Wildman–Crippen LogP) is 2.77. The number of aromatic nitrogens is 2. The van der Waals surface area contributed by atoms with Crippen molar-refractivity contribution in [2.24, 2.45) is 0 Å². The largest absolute Gasteiger partial charge is 0.310 e. The van der Waals surface area contributed by atoms with E-state index < -0.39 is 0 Å². The lowest BCUT2D eigenvalue weighted by molar-refractivity contribution is 0.423. The molecule has 2 aromatic rings. The van der Waals surface area contributed by atoms with Crippen molar-refractivity contribution < 1.29 is 4.39 Å².